The van der Waals surface area contributed by atoms with Gasteiger partial charge in [-0.3, -0.25) is 14.6 Å². The zero-order valence-electron chi connectivity index (χ0n) is 16.4. The molecule has 2 aliphatic rings. The van der Waals surface area contributed by atoms with Gasteiger partial charge in [-0.05, 0) is 31.9 Å². The molecule has 1 N–H and O–H groups in total. The summed E-state index contributed by atoms with van der Waals surface area (Å²) in [6, 6.07) is 9.17. The molecule has 1 aromatic heterocycles. The molecule has 146 valence electrons. The Morgan fingerprint density at radius 3 is 2.81 bits per heavy atom. The molecular formula is C21H29N3O3. The van der Waals surface area contributed by atoms with Crippen molar-refractivity contribution in [1.29, 1.82) is 0 Å². The van der Waals surface area contributed by atoms with E-state index in [1.54, 1.807) is 0 Å². The SMILES string of the molecule is COC(=O)Cn1c(C)c(CN2C[C@@H]3C[C@@H](O)CN3C[C@@H]2C)c2ccccc21. The minimum Gasteiger partial charge on any atom is -0.468 e. The van der Waals surface area contributed by atoms with Gasteiger partial charge in [0.2, 0.25) is 0 Å². The fourth-order valence-corrected chi connectivity index (χ4v) is 4.80. The normalized spacial score (nSPS) is 26.4. The first-order chi connectivity index (χ1) is 13.0. The number of benzene rings is 1. The zero-order valence-corrected chi connectivity index (χ0v) is 16.4. The molecule has 2 aliphatic heterocycles. The number of carbonyl (C=O) groups excluding carboxylic acids is 1. The first-order valence-corrected chi connectivity index (χ1v) is 9.77. The summed E-state index contributed by atoms with van der Waals surface area (Å²) in [5.41, 5.74) is 3.49. The maximum absolute atomic E-state index is 11.9. The Kier molecular flexibility index (Phi) is 4.97. The fraction of sp³-hybridized carbons (Fsp3) is 0.571. The lowest BCUT2D eigenvalue weighted by atomic mass is 10.0. The summed E-state index contributed by atoms with van der Waals surface area (Å²) in [7, 11) is 1.43. The highest BCUT2D eigenvalue weighted by Gasteiger charge is 2.38. The molecule has 2 saturated heterocycles. The second-order valence-electron chi connectivity index (χ2n) is 8.02. The molecule has 2 fully saturated rings. The highest BCUT2D eigenvalue weighted by Crippen LogP contribution is 2.31. The Morgan fingerprint density at radius 1 is 1.26 bits per heavy atom. The number of hydrogen-bond donors (Lipinski definition) is 1. The summed E-state index contributed by atoms with van der Waals surface area (Å²) >= 11 is 0. The maximum Gasteiger partial charge on any atom is 0.325 e. The molecule has 2 aromatic rings. The minimum atomic E-state index is -0.229. The summed E-state index contributed by atoms with van der Waals surface area (Å²) in [6.07, 6.45) is 0.678. The van der Waals surface area contributed by atoms with Crippen molar-refractivity contribution in [1.82, 2.24) is 14.4 Å². The molecule has 0 aliphatic carbocycles. The largest absolute Gasteiger partial charge is 0.468 e. The van der Waals surface area contributed by atoms with Crippen LogP contribution in [0.15, 0.2) is 24.3 Å². The van der Waals surface area contributed by atoms with Crippen molar-refractivity contribution in [2.75, 3.05) is 26.7 Å². The first-order valence-electron chi connectivity index (χ1n) is 9.77. The smallest absolute Gasteiger partial charge is 0.325 e. The highest BCUT2D eigenvalue weighted by atomic mass is 16.5. The van der Waals surface area contributed by atoms with E-state index in [0.717, 1.165) is 43.8 Å². The van der Waals surface area contributed by atoms with Crippen LogP contribution in [0, 0.1) is 6.92 Å². The van der Waals surface area contributed by atoms with Crippen LogP contribution in [0.1, 0.15) is 24.6 Å². The third-order valence-electron chi connectivity index (χ3n) is 6.31. The lowest BCUT2D eigenvalue weighted by Gasteiger charge is -2.42. The second kappa shape index (κ2) is 7.26. The molecule has 6 nitrogen and oxygen atoms in total. The number of aliphatic hydroxyl groups excluding tert-OH is 1. The topological polar surface area (TPSA) is 57.9 Å². The molecule has 0 spiro atoms. The molecule has 3 heterocycles. The summed E-state index contributed by atoms with van der Waals surface area (Å²) in [5.74, 6) is -0.229. The van der Waals surface area contributed by atoms with E-state index in [9.17, 15) is 9.90 Å². The Labute approximate surface area is 160 Å². The Balaban J connectivity index is 1.64. The Bertz CT molecular complexity index is 847. The van der Waals surface area contributed by atoms with Crippen LogP contribution >= 0.6 is 0 Å². The minimum absolute atomic E-state index is 0.189. The van der Waals surface area contributed by atoms with Crippen LogP contribution in [0.2, 0.25) is 0 Å². The van der Waals surface area contributed by atoms with Gasteiger partial charge in [0.1, 0.15) is 6.54 Å². The van der Waals surface area contributed by atoms with Crippen molar-refractivity contribution >= 4 is 16.9 Å². The van der Waals surface area contributed by atoms with E-state index in [0.29, 0.717) is 12.1 Å². The van der Waals surface area contributed by atoms with Crippen molar-refractivity contribution in [3.05, 3.63) is 35.5 Å². The van der Waals surface area contributed by atoms with E-state index in [1.165, 1.54) is 18.1 Å². The van der Waals surface area contributed by atoms with Gasteiger partial charge in [0, 0.05) is 54.9 Å². The van der Waals surface area contributed by atoms with Gasteiger partial charge in [-0.25, -0.2) is 0 Å². The number of piperazine rings is 1. The lowest BCUT2D eigenvalue weighted by Crippen LogP contribution is -2.54. The molecule has 0 unspecified atom stereocenters. The molecule has 0 saturated carbocycles. The molecule has 3 atom stereocenters. The average molecular weight is 371 g/mol. The van der Waals surface area contributed by atoms with E-state index in [-0.39, 0.29) is 18.6 Å². The van der Waals surface area contributed by atoms with Gasteiger partial charge in [0.15, 0.2) is 0 Å². The molecule has 1 aromatic carbocycles. The fourth-order valence-electron chi connectivity index (χ4n) is 4.80. The van der Waals surface area contributed by atoms with Crippen molar-refractivity contribution in [3.8, 4) is 0 Å². The number of nitrogens with zero attached hydrogens (tertiary/aromatic N) is 3. The van der Waals surface area contributed by atoms with Gasteiger partial charge < -0.3 is 14.4 Å². The van der Waals surface area contributed by atoms with Gasteiger partial charge in [0.25, 0.3) is 0 Å². The van der Waals surface area contributed by atoms with Crippen molar-refractivity contribution < 1.29 is 14.6 Å². The average Bonchev–Trinajstić information content (AvgIpc) is 3.13. The molecule has 4 rings (SSSR count). The number of aliphatic hydroxyl groups is 1. The second-order valence-corrected chi connectivity index (χ2v) is 8.02. The molecule has 6 heteroatoms. The van der Waals surface area contributed by atoms with Gasteiger partial charge in [-0.1, -0.05) is 18.2 Å². The number of methoxy groups -OCH3 is 1. The summed E-state index contributed by atoms with van der Waals surface area (Å²) < 4.78 is 6.96. The number of aromatic nitrogens is 1. The predicted molar refractivity (Wildman–Crippen MR) is 105 cm³/mol. The van der Waals surface area contributed by atoms with Crippen molar-refractivity contribution in [2.45, 2.75) is 51.5 Å². The van der Waals surface area contributed by atoms with Crippen molar-refractivity contribution in [2.24, 2.45) is 0 Å². The van der Waals surface area contributed by atoms with Gasteiger partial charge >= 0.3 is 5.97 Å². The van der Waals surface area contributed by atoms with Crippen molar-refractivity contribution in [3.63, 3.8) is 0 Å². The van der Waals surface area contributed by atoms with Gasteiger partial charge in [-0.2, -0.15) is 0 Å². The molecule has 0 amide bonds. The van der Waals surface area contributed by atoms with E-state index >= 15 is 0 Å². The van der Waals surface area contributed by atoms with Crippen LogP contribution in [-0.4, -0.2) is 70.4 Å². The van der Waals surface area contributed by atoms with Crippen LogP contribution in [0.4, 0.5) is 0 Å². The number of esters is 1. The standard InChI is InChI=1S/C21H29N3O3/c1-14-9-23-11-17(25)8-16(23)10-22(14)12-19-15(2)24(13-21(26)27-3)20-7-5-4-6-18(19)20/h4-7,14,16-17,25H,8-13H2,1-3H3/t14-,16-,17+/m0/s1. The van der Waals surface area contributed by atoms with E-state index in [2.05, 4.69) is 46.4 Å². The summed E-state index contributed by atoms with van der Waals surface area (Å²) in [4.78, 5) is 16.9. The maximum atomic E-state index is 11.9. The zero-order chi connectivity index (χ0) is 19.1. The van der Waals surface area contributed by atoms with Crippen LogP contribution in [0.25, 0.3) is 10.9 Å². The van der Waals surface area contributed by atoms with Crippen LogP contribution in [-0.2, 0) is 22.6 Å². The number of rotatable bonds is 4. The quantitative estimate of drug-likeness (QED) is 0.830. The number of carbonyl (C=O) groups is 1. The number of ether oxygens (including phenoxy) is 1. The Hall–Kier alpha value is -1.89. The molecule has 27 heavy (non-hydrogen) atoms. The first kappa shape index (κ1) is 18.5. The summed E-state index contributed by atoms with van der Waals surface area (Å²) in [5, 5.41) is 11.2. The number of para-hydroxylation sites is 1. The van der Waals surface area contributed by atoms with E-state index in [1.807, 2.05) is 6.07 Å². The third kappa shape index (κ3) is 3.37. The van der Waals surface area contributed by atoms with Crippen LogP contribution in [0.3, 0.4) is 0 Å². The number of fused-ring (bicyclic) bond motifs is 2. The lowest BCUT2D eigenvalue weighted by molar-refractivity contribution is -0.141. The molecule has 0 bridgehead atoms. The van der Waals surface area contributed by atoms with Crippen LogP contribution in [0.5, 0.6) is 0 Å². The highest BCUT2D eigenvalue weighted by molar-refractivity contribution is 5.87. The predicted octanol–water partition coefficient (Wildman–Crippen LogP) is 1.76. The van der Waals surface area contributed by atoms with Gasteiger partial charge in [-0.15, -0.1) is 0 Å². The van der Waals surface area contributed by atoms with Crippen LogP contribution < -0.4 is 0 Å². The molecule has 0 radical (unpaired) electrons. The monoisotopic (exact) mass is 371 g/mol. The molecular weight excluding hydrogens is 342 g/mol. The number of hydrogen-bond acceptors (Lipinski definition) is 5. The van der Waals surface area contributed by atoms with Gasteiger partial charge in [0.05, 0.1) is 13.2 Å². The summed E-state index contributed by atoms with van der Waals surface area (Å²) in [6.45, 7) is 8.25. The Morgan fingerprint density at radius 2 is 2.04 bits per heavy atom. The van der Waals surface area contributed by atoms with E-state index in [4.69, 9.17) is 4.74 Å². The third-order valence-corrected chi connectivity index (χ3v) is 6.31. The van der Waals surface area contributed by atoms with E-state index < -0.39 is 0 Å².